The number of methoxy groups -OCH3 is 1. The summed E-state index contributed by atoms with van der Waals surface area (Å²) in [5.41, 5.74) is 0.546. The maximum Gasteiger partial charge on any atom is 0.335 e. The summed E-state index contributed by atoms with van der Waals surface area (Å²) >= 11 is 5.68. The van der Waals surface area contributed by atoms with Crippen molar-refractivity contribution in [3.8, 4) is 6.07 Å². The molecule has 2 fully saturated rings. The van der Waals surface area contributed by atoms with Crippen molar-refractivity contribution in [2.75, 3.05) is 13.7 Å². The molecule has 0 amide bonds. The molecule has 0 radical (unpaired) electrons. The number of ether oxygens (including phenoxy) is 2. The van der Waals surface area contributed by atoms with Gasteiger partial charge in [0.25, 0.3) is 5.56 Å². The molecule has 2 aliphatic heterocycles. The first kappa shape index (κ1) is 30.4. The number of aromatic nitrogens is 2. The summed E-state index contributed by atoms with van der Waals surface area (Å²) in [5.74, 6) is 0. The molecule has 9 nitrogen and oxygen atoms in total. The van der Waals surface area contributed by atoms with Crippen LogP contribution in [0.1, 0.15) is 68.0 Å². The van der Waals surface area contributed by atoms with E-state index in [4.69, 9.17) is 39.9 Å². The van der Waals surface area contributed by atoms with Crippen LogP contribution < -0.4 is 5.56 Å². The van der Waals surface area contributed by atoms with Gasteiger partial charge in [0.1, 0.15) is 18.3 Å². The van der Waals surface area contributed by atoms with Crippen LogP contribution >= 0.6 is 12.2 Å². The quantitative estimate of drug-likeness (QED) is 0.313. The van der Waals surface area contributed by atoms with Crippen LogP contribution in [-0.2, 0) is 29.0 Å². The highest BCUT2D eigenvalue weighted by atomic mass is 32.1. The number of hydrogen-bond acceptors (Lipinski definition) is 8. The predicted molar refractivity (Wildman–Crippen MR) is 148 cm³/mol. The Kier molecular flexibility index (Phi) is 9.78. The summed E-state index contributed by atoms with van der Waals surface area (Å²) in [4.78, 5) is 12.5. The molecule has 0 bridgehead atoms. The maximum absolute atomic E-state index is 12.5. The summed E-state index contributed by atoms with van der Waals surface area (Å²) in [5, 5.41) is 9.04. The Balaban J connectivity index is 2.12. The first-order valence-corrected chi connectivity index (χ1v) is 17.6. The SMILES string of the molecule is CO[C@@H]1[C@@H]2O[Si](C(C)C)(C(C)C)O[Si](C(C)C)(C(C)C)OC[C@H]2O[C@H]1n1ccc(=O)n(CCC#N)c1=S. The zero-order valence-electron chi connectivity index (χ0n) is 23.6. The van der Waals surface area contributed by atoms with Gasteiger partial charge in [0.2, 0.25) is 0 Å². The van der Waals surface area contributed by atoms with Crippen LogP contribution in [0.5, 0.6) is 0 Å². The van der Waals surface area contributed by atoms with E-state index in [0.29, 0.717) is 6.61 Å². The summed E-state index contributed by atoms with van der Waals surface area (Å²) in [6, 6.07) is 3.52. The molecule has 1 aromatic rings. The van der Waals surface area contributed by atoms with Gasteiger partial charge in [-0.3, -0.25) is 13.9 Å². The van der Waals surface area contributed by atoms with E-state index in [0.717, 1.165) is 0 Å². The molecule has 3 heterocycles. The van der Waals surface area contributed by atoms with Gasteiger partial charge in [0.05, 0.1) is 19.1 Å². The molecule has 1 aromatic heterocycles. The molecular formula is C25H43N3O6SSi2. The van der Waals surface area contributed by atoms with E-state index in [9.17, 15) is 4.79 Å². The van der Waals surface area contributed by atoms with Crippen molar-refractivity contribution >= 4 is 29.3 Å². The third-order valence-corrected chi connectivity index (χ3v) is 18.4. The van der Waals surface area contributed by atoms with Gasteiger partial charge in [-0.25, -0.2) is 0 Å². The lowest BCUT2D eigenvalue weighted by Gasteiger charge is -2.51. The van der Waals surface area contributed by atoms with Crippen molar-refractivity contribution in [2.45, 2.75) is 115 Å². The van der Waals surface area contributed by atoms with E-state index in [2.05, 4.69) is 61.5 Å². The summed E-state index contributed by atoms with van der Waals surface area (Å²) in [6.07, 6.45) is -0.128. The zero-order valence-corrected chi connectivity index (χ0v) is 26.4. The topological polar surface area (TPSA) is 96.9 Å². The Bertz CT molecular complexity index is 1080. The molecule has 2 aliphatic rings. The molecular weight excluding hydrogens is 527 g/mol. The molecule has 0 aliphatic carbocycles. The van der Waals surface area contributed by atoms with Gasteiger partial charge in [0, 0.05) is 25.9 Å². The molecule has 0 saturated carbocycles. The van der Waals surface area contributed by atoms with Crippen LogP contribution in [0.3, 0.4) is 0 Å². The van der Waals surface area contributed by atoms with Gasteiger partial charge in [-0.05, 0) is 34.4 Å². The summed E-state index contributed by atoms with van der Waals surface area (Å²) in [7, 11) is -3.92. The van der Waals surface area contributed by atoms with Gasteiger partial charge < -0.3 is 22.4 Å². The first-order valence-electron chi connectivity index (χ1n) is 13.2. The molecule has 0 aromatic carbocycles. The number of nitriles is 1. The van der Waals surface area contributed by atoms with Crippen molar-refractivity contribution in [3.63, 3.8) is 0 Å². The molecule has 0 N–H and O–H groups in total. The minimum absolute atomic E-state index is 0.172. The van der Waals surface area contributed by atoms with Gasteiger partial charge in [-0.2, -0.15) is 5.26 Å². The highest BCUT2D eigenvalue weighted by molar-refractivity contribution is 7.71. The Labute approximate surface area is 228 Å². The molecule has 2 saturated heterocycles. The molecule has 37 heavy (non-hydrogen) atoms. The largest absolute Gasteiger partial charge is 0.414 e. The second-order valence-corrected chi connectivity index (χ2v) is 20.4. The third kappa shape index (κ3) is 5.47. The average molecular weight is 570 g/mol. The highest BCUT2D eigenvalue weighted by Gasteiger charge is 2.62. The number of nitrogens with zero attached hydrogens (tertiary/aromatic N) is 3. The van der Waals surface area contributed by atoms with Crippen LogP contribution in [0.2, 0.25) is 22.2 Å². The van der Waals surface area contributed by atoms with Crippen LogP contribution in [0.4, 0.5) is 0 Å². The van der Waals surface area contributed by atoms with E-state index < -0.39 is 41.7 Å². The monoisotopic (exact) mass is 569 g/mol. The fraction of sp³-hybridized carbons (Fsp3) is 0.800. The molecule has 4 atom stereocenters. The van der Waals surface area contributed by atoms with Crippen LogP contribution in [-0.4, -0.2) is 58.3 Å². The molecule has 208 valence electrons. The van der Waals surface area contributed by atoms with Gasteiger partial charge in [0.15, 0.2) is 11.0 Å². The molecule has 12 heteroatoms. The fourth-order valence-corrected chi connectivity index (χ4v) is 17.2. The summed E-state index contributed by atoms with van der Waals surface area (Å²) < 4.78 is 37.3. The standard InChI is InChI=1S/C25H43N3O6SSi2/c1-16(2)36(17(3)4)31-15-20-22(33-37(34-36,18(5)6)19(7)8)23(30-9)24(32-20)28-14-11-21(29)27(25(28)35)13-10-12-26/h11,14,16-20,22-24H,10,13,15H2,1-9H3/t20-,22-,23-,24-/m1/s1. The van der Waals surface area contributed by atoms with Crippen molar-refractivity contribution < 1.29 is 22.4 Å². The molecule has 3 rings (SSSR count). The molecule has 0 unspecified atom stereocenters. The second-order valence-electron chi connectivity index (χ2n) is 11.2. The first-order chi connectivity index (χ1) is 17.4. The number of hydrogen-bond donors (Lipinski definition) is 0. The zero-order chi connectivity index (χ0) is 27.7. The lowest BCUT2D eigenvalue weighted by atomic mass is 10.1. The summed E-state index contributed by atoms with van der Waals surface area (Å²) in [6.45, 7) is 18.0. The Hall–Kier alpha value is -1.18. The van der Waals surface area contributed by atoms with Crippen molar-refractivity contribution in [1.82, 2.24) is 9.13 Å². The fourth-order valence-electron chi connectivity index (χ4n) is 5.69. The van der Waals surface area contributed by atoms with Crippen molar-refractivity contribution in [3.05, 3.63) is 27.4 Å². The third-order valence-electron chi connectivity index (χ3n) is 7.71. The van der Waals surface area contributed by atoms with E-state index in [1.165, 1.54) is 10.6 Å². The van der Waals surface area contributed by atoms with Crippen LogP contribution in [0, 0.1) is 16.1 Å². The van der Waals surface area contributed by atoms with Gasteiger partial charge in [-0.1, -0.05) is 55.4 Å². The maximum atomic E-state index is 12.5. The highest BCUT2D eigenvalue weighted by Crippen LogP contribution is 2.48. The van der Waals surface area contributed by atoms with Crippen molar-refractivity contribution in [2.24, 2.45) is 0 Å². The lowest BCUT2D eigenvalue weighted by molar-refractivity contribution is -0.0635. The van der Waals surface area contributed by atoms with Crippen LogP contribution in [0.15, 0.2) is 17.1 Å². The number of fused-ring (bicyclic) bond motifs is 1. The van der Waals surface area contributed by atoms with E-state index in [1.807, 2.05) is 0 Å². The normalized spacial score (nSPS) is 27.4. The van der Waals surface area contributed by atoms with Gasteiger partial charge >= 0.3 is 17.1 Å². The average Bonchev–Trinajstić information content (AvgIpc) is 3.14. The second kappa shape index (κ2) is 11.9. The Morgan fingerprint density at radius 3 is 2.22 bits per heavy atom. The minimum Gasteiger partial charge on any atom is -0.414 e. The molecule has 0 spiro atoms. The Morgan fingerprint density at radius 1 is 1.11 bits per heavy atom. The van der Waals surface area contributed by atoms with E-state index in [-0.39, 0.29) is 45.5 Å². The lowest BCUT2D eigenvalue weighted by Crippen LogP contribution is -2.65. The number of rotatable bonds is 8. The van der Waals surface area contributed by atoms with E-state index in [1.54, 1.807) is 17.9 Å². The minimum atomic E-state index is -2.86. The van der Waals surface area contributed by atoms with Crippen LogP contribution in [0.25, 0.3) is 0 Å². The Morgan fingerprint density at radius 2 is 1.70 bits per heavy atom. The smallest absolute Gasteiger partial charge is 0.335 e. The van der Waals surface area contributed by atoms with Crippen molar-refractivity contribution in [1.29, 1.82) is 5.26 Å². The predicted octanol–water partition coefficient (Wildman–Crippen LogP) is 5.16. The van der Waals surface area contributed by atoms with Gasteiger partial charge in [-0.15, -0.1) is 0 Å². The van der Waals surface area contributed by atoms with E-state index >= 15 is 0 Å².